The quantitative estimate of drug-likeness (QED) is 0.662. The second-order valence-corrected chi connectivity index (χ2v) is 7.26. The second-order valence-electron chi connectivity index (χ2n) is 7.26. The third-order valence-corrected chi connectivity index (χ3v) is 5.12. The topological polar surface area (TPSA) is 77.1 Å². The van der Waals surface area contributed by atoms with Gasteiger partial charge in [-0.2, -0.15) is 0 Å². The van der Waals surface area contributed by atoms with Gasteiger partial charge in [0, 0.05) is 30.8 Å². The highest BCUT2D eigenvalue weighted by Gasteiger charge is 2.23. The molecular formula is C23H27FN2O5. The maximum atomic E-state index is 14.2. The Morgan fingerprint density at radius 1 is 1.16 bits per heavy atom. The number of rotatable bonds is 9. The summed E-state index contributed by atoms with van der Waals surface area (Å²) in [5, 5.41) is 2.81. The van der Waals surface area contributed by atoms with Crippen molar-refractivity contribution in [2.24, 2.45) is 0 Å². The summed E-state index contributed by atoms with van der Waals surface area (Å²) in [5.74, 6) is -0.319. The Kier molecular flexibility index (Phi) is 7.83. The van der Waals surface area contributed by atoms with Crippen molar-refractivity contribution in [1.82, 2.24) is 10.2 Å². The molecule has 0 aromatic heterocycles. The fourth-order valence-electron chi connectivity index (χ4n) is 3.45. The van der Waals surface area contributed by atoms with Gasteiger partial charge in [0.25, 0.3) is 5.91 Å². The van der Waals surface area contributed by atoms with Gasteiger partial charge in [-0.1, -0.05) is 18.2 Å². The first-order valence-electron chi connectivity index (χ1n) is 10.1. The zero-order valence-corrected chi connectivity index (χ0v) is 17.7. The minimum atomic E-state index is -0.438. The van der Waals surface area contributed by atoms with E-state index in [1.54, 1.807) is 36.4 Å². The SMILES string of the molecule is COc1ccc(C(=O)N(CC(=O)NC[C@H]2CCCO2)Cc2ccccc2F)cc1OC. The zero-order chi connectivity index (χ0) is 22.2. The van der Waals surface area contributed by atoms with Crippen LogP contribution in [0.25, 0.3) is 0 Å². The van der Waals surface area contributed by atoms with Crippen LogP contribution >= 0.6 is 0 Å². The number of benzene rings is 2. The van der Waals surface area contributed by atoms with E-state index in [4.69, 9.17) is 14.2 Å². The smallest absolute Gasteiger partial charge is 0.254 e. The van der Waals surface area contributed by atoms with E-state index in [-0.39, 0.29) is 25.1 Å². The van der Waals surface area contributed by atoms with Gasteiger partial charge in [-0.15, -0.1) is 0 Å². The largest absolute Gasteiger partial charge is 0.493 e. The number of amides is 2. The van der Waals surface area contributed by atoms with Gasteiger partial charge >= 0.3 is 0 Å². The molecule has 166 valence electrons. The van der Waals surface area contributed by atoms with E-state index in [1.807, 2.05) is 0 Å². The molecular weight excluding hydrogens is 403 g/mol. The lowest BCUT2D eigenvalue weighted by molar-refractivity contribution is -0.122. The lowest BCUT2D eigenvalue weighted by Gasteiger charge is -2.23. The van der Waals surface area contributed by atoms with Crippen LogP contribution in [0.2, 0.25) is 0 Å². The van der Waals surface area contributed by atoms with Crippen LogP contribution in [0.3, 0.4) is 0 Å². The summed E-state index contributed by atoms with van der Waals surface area (Å²) in [6.07, 6.45) is 1.85. The van der Waals surface area contributed by atoms with Gasteiger partial charge < -0.3 is 24.4 Å². The van der Waals surface area contributed by atoms with Crippen LogP contribution in [-0.4, -0.2) is 56.7 Å². The Morgan fingerprint density at radius 3 is 2.61 bits per heavy atom. The zero-order valence-electron chi connectivity index (χ0n) is 17.7. The standard InChI is InChI=1S/C23H27FN2O5/c1-29-20-10-9-16(12-21(20)30-2)23(28)26(14-17-6-3-4-8-19(17)24)15-22(27)25-13-18-7-5-11-31-18/h3-4,6,8-10,12,18H,5,7,11,13-15H2,1-2H3,(H,25,27)/t18-/m1/s1. The highest BCUT2D eigenvalue weighted by atomic mass is 19.1. The van der Waals surface area contributed by atoms with Crippen LogP contribution in [0.4, 0.5) is 4.39 Å². The van der Waals surface area contributed by atoms with Gasteiger partial charge in [0.2, 0.25) is 5.91 Å². The van der Waals surface area contributed by atoms with Crippen LogP contribution in [0.15, 0.2) is 42.5 Å². The van der Waals surface area contributed by atoms with Crippen LogP contribution in [0, 0.1) is 5.82 Å². The summed E-state index contributed by atoms with van der Waals surface area (Å²) in [6, 6.07) is 10.9. The molecule has 3 rings (SSSR count). The predicted octanol–water partition coefficient (Wildman–Crippen LogP) is 2.78. The summed E-state index contributed by atoms with van der Waals surface area (Å²) >= 11 is 0. The third-order valence-electron chi connectivity index (χ3n) is 5.12. The minimum absolute atomic E-state index is 0.00878. The molecule has 1 atom stereocenters. The number of carbonyl (C=O) groups excluding carboxylic acids is 2. The second kappa shape index (κ2) is 10.8. The first-order valence-corrected chi connectivity index (χ1v) is 10.1. The fourth-order valence-corrected chi connectivity index (χ4v) is 3.45. The number of carbonyl (C=O) groups is 2. The predicted molar refractivity (Wildman–Crippen MR) is 113 cm³/mol. The number of hydrogen-bond donors (Lipinski definition) is 1. The number of methoxy groups -OCH3 is 2. The van der Waals surface area contributed by atoms with Gasteiger partial charge in [0.15, 0.2) is 11.5 Å². The molecule has 2 amide bonds. The molecule has 1 N–H and O–H groups in total. The Labute approximate surface area is 181 Å². The van der Waals surface area contributed by atoms with E-state index in [0.29, 0.717) is 35.8 Å². The fraction of sp³-hybridized carbons (Fsp3) is 0.391. The third kappa shape index (κ3) is 5.95. The minimum Gasteiger partial charge on any atom is -0.493 e. The van der Waals surface area contributed by atoms with E-state index in [0.717, 1.165) is 12.8 Å². The molecule has 0 saturated carbocycles. The van der Waals surface area contributed by atoms with Crippen molar-refractivity contribution in [2.75, 3.05) is 33.9 Å². The monoisotopic (exact) mass is 430 g/mol. The van der Waals surface area contributed by atoms with Gasteiger partial charge in [-0.05, 0) is 37.1 Å². The molecule has 0 bridgehead atoms. The summed E-state index contributed by atoms with van der Waals surface area (Å²) < 4.78 is 30.2. The van der Waals surface area contributed by atoms with Gasteiger partial charge in [-0.25, -0.2) is 4.39 Å². The van der Waals surface area contributed by atoms with E-state index in [1.165, 1.54) is 25.2 Å². The van der Waals surface area contributed by atoms with Crippen LogP contribution < -0.4 is 14.8 Å². The van der Waals surface area contributed by atoms with Gasteiger partial charge in [-0.3, -0.25) is 9.59 Å². The average molecular weight is 430 g/mol. The molecule has 7 nitrogen and oxygen atoms in total. The molecule has 2 aromatic rings. The van der Waals surface area contributed by atoms with Gasteiger partial charge in [0.1, 0.15) is 12.4 Å². The first kappa shape index (κ1) is 22.6. The van der Waals surface area contributed by atoms with Gasteiger partial charge in [0.05, 0.1) is 20.3 Å². The first-order chi connectivity index (χ1) is 15.0. The molecule has 1 fully saturated rings. The van der Waals surface area contributed by atoms with E-state index < -0.39 is 11.7 Å². The molecule has 0 radical (unpaired) electrons. The normalized spacial score (nSPS) is 15.4. The number of nitrogens with one attached hydrogen (secondary N) is 1. The Balaban J connectivity index is 1.78. The highest BCUT2D eigenvalue weighted by Crippen LogP contribution is 2.28. The summed E-state index contributed by atoms with van der Waals surface area (Å²) in [5.41, 5.74) is 0.629. The summed E-state index contributed by atoms with van der Waals surface area (Å²) in [6.45, 7) is 0.816. The number of nitrogens with zero attached hydrogens (tertiary/aromatic N) is 1. The average Bonchev–Trinajstić information content (AvgIpc) is 3.31. The summed E-state index contributed by atoms with van der Waals surface area (Å²) in [7, 11) is 2.98. The van der Waals surface area contributed by atoms with Crippen molar-refractivity contribution < 1.29 is 28.2 Å². The number of hydrogen-bond acceptors (Lipinski definition) is 5. The van der Waals surface area contributed by atoms with E-state index >= 15 is 0 Å². The van der Waals surface area contributed by atoms with E-state index in [2.05, 4.69) is 5.32 Å². The van der Waals surface area contributed by atoms with Crippen molar-refractivity contribution in [1.29, 1.82) is 0 Å². The molecule has 31 heavy (non-hydrogen) atoms. The lowest BCUT2D eigenvalue weighted by atomic mass is 10.1. The maximum absolute atomic E-state index is 14.2. The van der Waals surface area contributed by atoms with Crippen molar-refractivity contribution >= 4 is 11.8 Å². The molecule has 2 aromatic carbocycles. The molecule has 1 aliphatic rings. The molecule has 0 unspecified atom stereocenters. The van der Waals surface area contributed by atoms with Crippen LogP contribution in [0.5, 0.6) is 11.5 Å². The van der Waals surface area contributed by atoms with Crippen LogP contribution in [-0.2, 0) is 16.1 Å². The molecule has 8 heteroatoms. The number of ether oxygens (including phenoxy) is 3. The lowest BCUT2D eigenvalue weighted by Crippen LogP contribution is -2.42. The van der Waals surface area contributed by atoms with Crippen molar-refractivity contribution in [2.45, 2.75) is 25.5 Å². The van der Waals surface area contributed by atoms with Crippen molar-refractivity contribution in [3.05, 3.63) is 59.4 Å². The maximum Gasteiger partial charge on any atom is 0.254 e. The number of halogens is 1. The molecule has 1 aliphatic heterocycles. The highest BCUT2D eigenvalue weighted by molar-refractivity contribution is 5.97. The van der Waals surface area contributed by atoms with Crippen molar-refractivity contribution in [3.63, 3.8) is 0 Å². The van der Waals surface area contributed by atoms with Crippen molar-refractivity contribution in [3.8, 4) is 11.5 Å². The van der Waals surface area contributed by atoms with E-state index in [9.17, 15) is 14.0 Å². The summed E-state index contributed by atoms with van der Waals surface area (Å²) in [4.78, 5) is 27.1. The van der Waals surface area contributed by atoms with Crippen LogP contribution in [0.1, 0.15) is 28.8 Å². The molecule has 1 heterocycles. The Morgan fingerprint density at radius 2 is 1.94 bits per heavy atom. The molecule has 1 saturated heterocycles. The Bertz CT molecular complexity index is 915. The molecule has 0 spiro atoms. The molecule has 0 aliphatic carbocycles. The Hall–Kier alpha value is -3.13.